The van der Waals surface area contributed by atoms with Gasteiger partial charge in [0.2, 0.25) is 12.7 Å². The number of piperidine rings is 1. The number of ether oxygens (including phenoxy) is 4. The van der Waals surface area contributed by atoms with E-state index < -0.39 is 23.3 Å². The van der Waals surface area contributed by atoms with Gasteiger partial charge in [-0.25, -0.2) is 4.79 Å². The van der Waals surface area contributed by atoms with Crippen molar-refractivity contribution in [2.75, 3.05) is 54.2 Å². The largest absolute Gasteiger partial charge is 0.497 e. The minimum Gasteiger partial charge on any atom is -0.497 e. The number of amides is 1. The molecule has 4 aliphatic heterocycles. The molecule has 6 rings (SSSR count). The summed E-state index contributed by atoms with van der Waals surface area (Å²) in [5.41, 5.74) is 0.245. The van der Waals surface area contributed by atoms with Crippen LogP contribution in [0.4, 0.5) is 0 Å². The Morgan fingerprint density at radius 3 is 2.38 bits per heavy atom. The third kappa shape index (κ3) is 6.28. The molecule has 2 fully saturated rings. The normalized spacial score (nSPS) is 26.0. The van der Waals surface area contributed by atoms with Crippen LogP contribution in [0.25, 0.3) is 0 Å². The number of hydrogen-bond acceptors (Lipinski definition) is 10. The van der Waals surface area contributed by atoms with Gasteiger partial charge in [0, 0.05) is 44.2 Å². The Morgan fingerprint density at radius 1 is 1.02 bits per heavy atom. The lowest BCUT2D eigenvalue weighted by molar-refractivity contribution is -0.176. The first-order valence-corrected chi connectivity index (χ1v) is 16.4. The Balaban J connectivity index is 1.28. The van der Waals surface area contributed by atoms with Crippen molar-refractivity contribution in [2.45, 2.75) is 101 Å². The van der Waals surface area contributed by atoms with Crippen LogP contribution in [-0.4, -0.2) is 120 Å². The van der Waals surface area contributed by atoms with Crippen molar-refractivity contribution in [3.8, 4) is 11.5 Å². The zero-order valence-corrected chi connectivity index (χ0v) is 27.3. The van der Waals surface area contributed by atoms with Gasteiger partial charge in [0.05, 0.1) is 19.1 Å². The van der Waals surface area contributed by atoms with Gasteiger partial charge < -0.3 is 39.0 Å². The second-order valence-electron chi connectivity index (χ2n) is 14.3. The minimum atomic E-state index is -2.05. The van der Waals surface area contributed by atoms with Crippen LogP contribution in [0.3, 0.4) is 0 Å². The molecule has 1 aliphatic carbocycles. The Kier molecular flexibility index (Phi) is 8.84. The van der Waals surface area contributed by atoms with Gasteiger partial charge in [-0.1, -0.05) is 0 Å². The Morgan fingerprint density at radius 2 is 1.71 bits per heavy atom. The summed E-state index contributed by atoms with van der Waals surface area (Å²) in [5, 5.41) is 22.4. The summed E-state index contributed by atoms with van der Waals surface area (Å²) >= 11 is 0. The second-order valence-corrected chi connectivity index (χ2v) is 14.3. The molecule has 1 aromatic rings. The molecule has 1 aromatic carbocycles. The highest BCUT2D eigenvalue weighted by atomic mass is 16.7. The molecule has 0 bridgehead atoms. The summed E-state index contributed by atoms with van der Waals surface area (Å²) in [7, 11) is 5.69. The van der Waals surface area contributed by atoms with E-state index in [1.165, 1.54) is 0 Å². The van der Waals surface area contributed by atoms with Crippen LogP contribution in [0.1, 0.15) is 75.8 Å². The van der Waals surface area contributed by atoms with E-state index in [1.54, 1.807) is 25.9 Å². The van der Waals surface area contributed by atoms with Crippen molar-refractivity contribution in [3.63, 3.8) is 0 Å². The fourth-order valence-electron chi connectivity index (χ4n) is 8.04. The molecule has 2 saturated heterocycles. The average Bonchev–Trinajstić information content (AvgIpc) is 3.66. The molecule has 4 atom stereocenters. The molecule has 4 heterocycles. The molecular formula is C34H49N3O8. The molecule has 11 heteroatoms. The maximum Gasteiger partial charge on any atom is 0.339 e. The second kappa shape index (κ2) is 12.4. The van der Waals surface area contributed by atoms with E-state index in [9.17, 15) is 19.8 Å². The summed E-state index contributed by atoms with van der Waals surface area (Å²) in [6, 6.07) is 4.45. The molecule has 11 nitrogen and oxygen atoms in total. The Labute approximate surface area is 266 Å². The highest BCUT2D eigenvalue weighted by Gasteiger charge is 2.55. The molecule has 5 aliphatic rings. The standard InChI is InChI=1S/C34H49N3O8/c1-33(2,40)11-6-12-34(41,19-27(38)36-14-8-22(9-15-36)35(3)4)32(39)45-31-28-24-18-26-25(43-20-44-26)17-21(24)7-13-37-16-10-23(29(28)37)30(31)42-5/h17-18,22,28-29,31,40-41H,6-16,19-20H2,1-5H3/t28-,29+,31-,34+/m0/s1. The predicted molar refractivity (Wildman–Crippen MR) is 166 cm³/mol. The molecule has 0 unspecified atom stereocenters. The number of benzene rings is 1. The number of likely N-dealkylation sites (tertiary alicyclic amines) is 1. The SMILES string of the molecule is COC1=C2CCN3CCc4cc5c(cc4[C@H]([C@@H]1OC(=O)[C@@](O)(CCCC(C)(C)O)CC(=O)N1CCC(N(C)C)CC1)[C@@H]23)OCO5. The maximum absolute atomic E-state index is 14.2. The van der Waals surface area contributed by atoms with Gasteiger partial charge in [0.1, 0.15) is 5.76 Å². The summed E-state index contributed by atoms with van der Waals surface area (Å²) in [6.45, 7) is 6.46. The van der Waals surface area contributed by atoms with Crippen molar-refractivity contribution in [2.24, 2.45) is 0 Å². The van der Waals surface area contributed by atoms with Crippen molar-refractivity contribution < 1.29 is 38.7 Å². The van der Waals surface area contributed by atoms with Crippen molar-refractivity contribution in [1.82, 2.24) is 14.7 Å². The van der Waals surface area contributed by atoms with Gasteiger partial charge in [-0.15, -0.1) is 0 Å². The molecule has 0 spiro atoms. The zero-order chi connectivity index (χ0) is 32.1. The fourth-order valence-corrected chi connectivity index (χ4v) is 8.04. The van der Waals surface area contributed by atoms with Crippen LogP contribution in [-0.2, 0) is 25.5 Å². The van der Waals surface area contributed by atoms with Crippen LogP contribution in [0.2, 0.25) is 0 Å². The molecule has 1 amide bonds. The van der Waals surface area contributed by atoms with Gasteiger partial charge in [-0.2, -0.15) is 0 Å². The zero-order valence-electron chi connectivity index (χ0n) is 27.3. The maximum atomic E-state index is 14.2. The van der Waals surface area contributed by atoms with Gasteiger partial charge in [-0.05, 0) is 102 Å². The summed E-state index contributed by atoms with van der Waals surface area (Å²) in [4.78, 5) is 34.2. The first kappa shape index (κ1) is 32.1. The number of fused-ring (bicyclic) bond motifs is 3. The number of carbonyl (C=O) groups is 2. The molecule has 2 N–H and O–H groups in total. The number of nitrogens with zero attached hydrogens (tertiary/aromatic N) is 3. The van der Waals surface area contributed by atoms with E-state index >= 15 is 0 Å². The van der Waals surface area contributed by atoms with Crippen molar-refractivity contribution in [1.29, 1.82) is 0 Å². The third-order valence-corrected chi connectivity index (χ3v) is 10.5. The lowest BCUT2D eigenvalue weighted by atomic mass is 9.86. The number of aliphatic hydroxyl groups is 2. The lowest BCUT2D eigenvalue weighted by Gasteiger charge is -2.37. The van der Waals surface area contributed by atoms with Crippen LogP contribution in [0.5, 0.6) is 11.5 Å². The lowest BCUT2D eigenvalue weighted by Crippen LogP contribution is -2.50. The van der Waals surface area contributed by atoms with E-state index in [1.807, 2.05) is 26.2 Å². The first-order valence-electron chi connectivity index (χ1n) is 16.4. The van der Waals surface area contributed by atoms with E-state index in [-0.39, 0.29) is 37.5 Å². The van der Waals surface area contributed by atoms with Gasteiger partial charge >= 0.3 is 5.97 Å². The van der Waals surface area contributed by atoms with Gasteiger partial charge in [-0.3, -0.25) is 9.69 Å². The van der Waals surface area contributed by atoms with Crippen LogP contribution in [0.15, 0.2) is 23.5 Å². The number of hydrogen-bond donors (Lipinski definition) is 2. The number of esters is 1. The summed E-state index contributed by atoms with van der Waals surface area (Å²) in [6.07, 6.45) is 2.89. The number of methoxy groups -OCH3 is 1. The topological polar surface area (TPSA) is 121 Å². The quantitative estimate of drug-likeness (QED) is 0.375. The van der Waals surface area contributed by atoms with E-state index in [2.05, 4.69) is 9.80 Å². The Bertz CT molecular complexity index is 1330. The Hall–Kier alpha value is -2.86. The van der Waals surface area contributed by atoms with E-state index in [0.717, 1.165) is 61.2 Å². The highest BCUT2D eigenvalue weighted by molar-refractivity contribution is 5.88. The van der Waals surface area contributed by atoms with Gasteiger partial charge in [0.15, 0.2) is 23.2 Å². The first-order chi connectivity index (χ1) is 21.4. The summed E-state index contributed by atoms with van der Waals surface area (Å²) < 4.78 is 23.7. The predicted octanol–water partition coefficient (Wildman–Crippen LogP) is 2.57. The molecule has 0 radical (unpaired) electrons. The number of carbonyl (C=O) groups excluding carboxylic acids is 2. The monoisotopic (exact) mass is 627 g/mol. The smallest absolute Gasteiger partial charge is 0.339 e. The van der Waals surface area contributed by atoms with E-state index in [0.29, 0.717) is 43.5 Å². The van der Waals surface area contributed by atoms with Gasteiger partial charge in [0.25, 0.3) is 0 Å². The van der Waals surface area contributed by atoms with E-state index in [4.69, 9.17) is 18.9 Å². The van der Waals surface area contributed by atoms with Crippen LogP contribution >= 0.6 is 0 Å². The third-order valence-electron chi connectivity index (χ3n) is 10.5. The van der Waals surface area contributed by atoms with Crippen molar-refractivity contribution >= 4 is 11.9 Å². The molecule has 0 aromatic heterocycles. The molecular weight excluding hydrogens is 578 g/mol. The highest BCUT2D eigenvalue weighted by Crippen LogP contribution is 2.52. The molecule has 248 valence electrons. The van der Waals surface area contributed by atoms with Crippen LogP contribution in [0, 0.1) is 0 Å². The van der Waals surface area contributed by atoms with Crippen molar-refractivity contribution in [3.05, 3.63) is 34.6 Å². The number of rotatable bonds is 10. The summed E-state index contributed by atoms with van der Waals surface area (Å²) in [5.74, 6) is 0.675. The molecule has 0 saturated carbocycles. The fraction of sp³-hybridized carbons (Fsp3) is 0.706. The van der Waals surface area contributed by atoms with Crippen LogP contribution < -0.4 is 9.47 Å². The molecule has 45 heavy (non-hydrogen) atoms. The average molecular weight is 628 g/mol. The minimum absolute atomic E-state index is 0.00211.